The van der Waals surface area contributed by atoms with Crippen LogP contribution in [0.4, 0.5) is 0 Å². The first-order valence-corrected chi connectivity index (χ1v) is 12.1. The summed E-state index contributed by atoms with van der Waals surface area (Å²) in [4.78, 5) is 28.5. The maximum absolute atomic E-state index is 13.6. The number of amides is 1. The number of nitrogens with zero attached hydrogens (tertiary/aromatic N) is 1. The second kappa shape index (κ2) is 9.32. The van der Waals surface area contributed by atoms with Gasteiger partial charge < -0.3 is 14.4 Å². The van der Waals surface area contributed by atoms with E-state index in [4.69, 9.17) is 21.1 Å². The molecule has 0 N–H and O–H groups in total. The number of hydrogen-bond acceptors (Lipinski definition) is 4. The molecular weight excluding hydrogens is 438 g/mol. The predicted molar refractivity (Wildman–Crippen MR) is 126 cm³/mol. The summed E-state index contributed by atoms with van der Waals surface area (Å²) in [5, 5.41) is 0.619. The number of benzene rings is 2. The van der Waals surface area contributed by atoms with Crippen LogP contribution in [0.25, 0.3) is 0 Å². The van der Waals surface area contributed by atoms with E-state index in [9.17, 15) is 9.59 Å². The molecule has 6 heteroatoms. The number of carbonyl (C=O) groups excluding carboxylic acids is 2. The number of halogens is 1. The van der Waals surface area contributed by atoms with E-state index in [-0.39, 0.29) is 36.4 Å². The Balaban J connectivity index is 1.48. The molecule has 0 aromatic heterocycles. The lowest BCUT2D eigenvalue weighted by Gasteiger charge is -2.36. The van der Waals surface area contributed by atoms with Gasteiger partial charge in [-0.2, -0.15) is 0 Å². The van der Waals surface area contributed by atoms with Crippen molar-refractivity contribution in [2.45, 2.75) is 57.2 Å². The summed E-state index contributed by atoms with van der Waals surface area (Å²) >= 11 is 6.09. The van der Waals surface area contributed by atoms with Gasteiger partial charge >= 0.3 is 5.97 Å². The van der Waals surface area contributed by atoms with E-state index in [0.717, 1.165) is 43.4 Å². The van der Waals surface area contributed by atoms with E-state index >= 15 is 0 Å². The van der Waals surface area contributed by atoms with Crippen LogP contribution in [0.1, 0.15) is 61.3 Å². The third-order valence-corrected chi connectivity index (χ3v) is 7.30. The van der Waals surface area contributed by atoms with Crippen molar-refractivity contribution < 1.29 is 19.1 Å². The van der Waals surface area contributed by atoms with Crippen molar-refractivity contribution in [3.05, 3.63) is 81.5 Å². The van der Waals surface area contributed by atoms with Gasteiger partial charge in [0.1, 0.15) is 6.10 Å². The molecule has 1 amide bonds. The topological polar surface area (TPSA) is 55.8 Å². The summed E-state index contributed by atoms with van der Waals surface area (Å²) in [6, 6.07) is 15.5. The van der Waals surface area contributed by atoms with Gasteiger partial charge in [0.2, 0.25) is 5.91 Å². The smallest absolute Gasteiger partial charge is 0.337 e. The second-order valence-electron chi connectivity index (χ2n) is 9.08. The number of aryl methyl sites for hydroxylation is 1. The number of ether oxygens (including phenoxy) is 2. The van der Waals surface area contributed by atoms with Gasteiger partial charge in [-0.3, -0.25) is 4.79 Å². The number of fused-ring (bicyclic) bond motifs is 1. The number of esters is 1. The lowest BCUT2D eigenvalue weighted by molar-refractivity contribution is -0.145. The minimum Gasteiger partial charge on any atom is -0.454 e. The Morgan fingerprint density at radius 1 is 1.15 bits per heavy atom. The Hall–Kier alpha value is -2.63. The summed E-state index contributed by atoms with van der Waals surface area (Å²) in [6.45, 7) is 3.05. The fraction of sp³-hybridized carbons (Fsp3) is 0.407. The maximum atomic E-state index is 13.6. The van der Waals surface area contributed by atoms with E-state index < -0.39 is 0 Å². The molecule has 172 valence electrons. The van der Waals surface area contributed by atoms with E-state index in [1.54, 1.807) is 17.0 Å². The first kappa shape index (κ1) is 22.2. The Kier molecular flexibility index (Phi) is 6.26. The standard InChI is InChI=1S/C27H28ClNO4/c1-17-26(27(31)33-24-13-10-18-5-2-3-7-22(18)24)23(19-8-11-20(28)12-9-19)15-25(30)29(17)16-21-6-4-14-32-21/h2-3,5,7-9,11-12,21,23-24H,4,6,10,13-16H2,1H3. The molecule has 3 aliphatic rings. The quantitative estimate of drug-likeness (QED) is 0.559. The molecule has 2 heterocycles. The van der Waals surface area contributed by atoms with Crippen LogP contribution in [0, 0.1) is 0 Å². The minimum absolute atomic E-state index is 0.00529. The molecule has 3 unspecified atom stereocenters. The van der Waals surface area contributed by atoms with Gasteiger partial charge in [-0.05, 0) is 61.4 Å². The largest absolute Gasteiger partial charge is 0.454 e. The summed E-state index contributed by atoms with van der Waals surface area (Å²) in [5.41, 5.74) is 4.42. The van der Waals surface area contributed by atoms with Crippen molar-refractivity contribution in [2.24, 2.45) is 0 Å². The highest BCUT2D eigenvalue weighted by molar-refractivity contribution is 6.30. The highest BCUT2D eigenvalue weighted by Crippen LogP contribution is 2.40. The van der Waals surface area contributed by atoms with Crippen molar-refractivity contribution in [1.82, 2.24) is 4.90 Å². The van der Waals surface area contributed by atoms with Crippen LogP contribution in [0.2, 0.25) is 5.02 Å². The van der Waals surface area contributed by atoms with Crippen LogP contribution in [0.3, 0.4) is 0 Å². The summed E-state index contributed by atoms with van der Waals surface area (Å²) in [7, 11) is 0. The fourth-order valence-corrected chi connectivity index (χ4v) is 5.43. The summed E-state index contributed by atoms with van der Waals surface area (Å²) in [5.74, 6) is -0.704. The monoisotopic (exact) mass is 465 g/mol. The van der Waals surface area contributed by atoms with E-state index in [0.29, 0.717) is 22.8 Å². The SMILES string of the molecule is CC1=C(C(=O)OC2CCc3ccccc32)C(c2ccc(Cl)cc2)CC(=O)N1CC1CCCO1. The van der Waals surface area contributed by atoms with Crippen molar-refractivity contribution in [2.75, 3.05) is 13.2 Å². The van der Waals surface area contributed by atoms with Crippen molar-refractivity contribution in [3.63, 3.8) is 0 Å². The van der Waals surface area contributed by atoms with Crippen LogP contribution in [-0.4, -0.2) is 36.0 Å². The second-order valence-corrected chi connectivity index (χ2v) is 9.51. The van der Waals surface area contributed by atoms with Crippen LogP contribution in [0.5, 0.6) is 0 Å². The predicted octanol–water partition coefficient (Wildman–Crippen LogP) is 5.34. The Bertz CT molecular complexity index is 1090. The first-order valence-electron chi connectivity index (χ1n) is 11.7. The van der Waals surface area contributed by atoms with E-state index in [2.05, 4.69) is 6.07 Å². The molecule has 5 rings (SSSR count). The zero-order chi connectivity index (χ0) is 22.9. The van der Waals surface area contributed by atoms with Gasteiger partial charge in [0.15, 0.2) is 0 Å². The van der Waals surface area contributed by atoms with Gasteiger partial charge in [0, 0.05) is 29.7 Å². The lowest BCUT2D eigenvalue weighted by atomic mass is 9.83. The van der Waals surface area contributed by atoms with E-state index in [1.165, 1.54) is 5.56 Å². The van der Waals surface area contributed by atoms with Crippen molar-refractivity contribution in [1.29, 1.82) is 0 Å². The molecular formula is C27H28ClNO4. The molecule has 0 saturated carbocycles. The van der Waals surface area contributed by atoms with Crippen LogP contribution in [-0.2, 0) is 25.5 Å². The van der Waals surface area contributed by atoms with Crippen LogP contribution >= 0.6 is 11.6 Å². The number of hydrogen-bond donors (Lipinski definition) is 0. The lowest BCUT2D eigenvalue weighted by Crippen LogP contribution is -2.42. The Labute approximate surface area is 199 Å². The van der Waals surface area contributed by atoms with Crippen LogP contribution < -0.4 is 0 Å². The molecule has 2 aromatic rings. The van der Waals surface area contributed by atoms with E-state index in [1.807, 2.05) is 37.3 Å². The highest BCUT2D eigenvalue weighted by Gasteiger charge is 2.39. The number of rotatable bonds is 5. The minimum atomic E-state index is -0.361. The third kappa shape index (κ3) is 4.44. The molecule has 1 fully saturated rings. The molecule has 0 radical (unpaired) electrons. The molecule has 5 nitrogen and oxygen atoms in total. The molecule has 2 aliphatic heterocycles. The Morgan fingerprint density at radius 2 is 1.94 bits per heavy atom. The maximum Gasteiger partial charge on any atom is 0.337 e. The highest BCUT2D eigenvalue weighted by atomic mass is 35.5. The van der Waals surface area contributed by atoms with Crippen molar-refractivity contribution >= 4 is 23.5 Å². The zero-order valence-corrected chi connectivity index (χ0v) is 19.5. The molecule has 1 aliphatic carbocycles. The number of carbonyl (C=O) groups is 2. The number of allylic oxidation sites excluding steroid dienone is 1. The van der Waals surface area contributed by atoms with Gasteiger partial charge in [0.05, 0.1) is 18.2 Å². The molecule has 2 aromatic carbocycles. The van der Waals surface area contributed by atoms with Crippen LogP contribution in [0.15, 0.2) is 59.8 Å². The summed E-state index contributed by atoms with van der Waals surface area (Å²) in [6.07, 6.45) is 3.57. The normalized spacial score (nSPS) is 24.8. The van der Waals surface area contributed by atoms with Gasteiger partial charge in [-0.1, -0.05) is 48.0 Å². The average Bonchev–Trinajstić information content (AvgIpc) is 3.47. The van der Waals surface area contributed by atoms with Gasteiger partial charge in [-0.25, -0.2) is 4.79 Å². The van der Waals surface area contributed by atoms with Gasteiger partial charge in [0.25, 0.3) is 0 Å². The average molecular weight is 466 g/mol. The molecule has 1 saturated heterocycles. The third-order valence-electron chi connectivity index (χ3n) is 7.05. The fourth-order valence-electron chi connectivity index (χ4n) is 5.30. The zero-order valence-electron chi connectivity index (χ0n) is 18.8. The summed E-state index contributed by atoms with van der Waals surface area (Å²) < 4.78 is 11.9. The van der Waals surface area contributed by atoms with Gasteiger partial charge in [-0.15, -0.1) is 0 Å². The van der Waals surface area contributed by atoms with Crippen molar-refractivity contribution in [3.8, 4) is 0 Å². The molecule has 3 atom stereocenters. The molecule has 0 bridgehead atoms. The molecule has 33 heavy (non-hydrogen) atoms. The molecule has 0 spiro atoms. The first-order chi connectivity index (χ1) is 16.0. The Morgan fingerprint density at radius 3 is 2.70 bits per heavy atom.